The van der Waals surface area contributed by atoms with Crippen LogP contribution >= 0.6 is 34.8 Å². The second-order valence-corrected chi connectivity index (χ2v) is 9.12. The first kappa shape index (κ1) is 20.0. The molecule has 0 aliphatic carbocycles. The number of piperazine rings is 1. The molecule has 26 heavy (non-hydrogen) atoms. The zero-order chi connectivity index (χ0) is 18.7. The molecule has 0 bridgehead atoms. The van der Waals surface area contributed by atoms with E-state index in [0.29, 0.717) is 27.4 Å². The Morgan fingerprint density at radius 3 is 2.38 bits per heavy atom. The molecule has 0 aromatic heterocycles. The predicted octanol–water partition coefficient (Wildman–Crippen LogP) is 5.58. The van der Waals surface area contributed by atoms with Crippen molar-refractivity contribution >= 4 is 51.5 Å². The van der Waals surface area contributed by atoms with Gasteiger partial charge in [-0.1, -0.05) is 53.9 Å². The van der Waals surface area contributed by atoms with E-state index in [-0.39, 0.29) is 6.04 Å². The summed E-state index contributed by atoms with van der Waals surface area (Å²) in [7, 11) is -0.959. The summed E-state index contributed by atoms with van der Waals surface area (Å²) >= 11 is 18.6. The lowest BCUT2D eigenvalue weighted by Gasteiger charge is -2.42. The van der Waals surface area contributed by atoms with Gasteiger partial charge in [0.1, 0.15) is 0 Å². The molecule has 1 aliphatic rings. The van der Waals surface area contributed by atoms with Crippen LogP contribution in [0.15, 0.2) is 42.5 Å². The van der Waals surface area contributed by atoms with E-state index in [4.69, 9.17) is 34.8 Å². The van der Waals surface area contributed by atoms with E-state index in [1.54, 1.807) is 6.07 Å². The number of hydrogen-bond donors (Lipinski definition) is 0. The molecule has 0 amide bonds. The SMILES string of the molecule is CCCS(=O)N1CCN(c2ccc(Cl)cc2Cl)C(c2ccc(Cl)cc2)C1. The monoisotopic (exact) mass is 430 g/mol. The van der Waals surface area contributed by atoms with Crippen LogP contribution in [0.25, 0.3) is 0 Å². The van der Waals surface area contributed by atoms with Crippen LogP contribution in [-0.2, 0) is 11.0 Å². The van der Waals surface area contributed by atoms with Crippen LogP contribution in [0.2, 0.25) is 15.1 Å². The van der Waals surface area contributed by atoms with Crippen molar-refractivity contribution in [1.82, 2.24) is 4.31 Å². The van der Waals surface area contributed by atoms with Crippen molar-refractivity contribution in [2.75, 3.05) is 30.3 Å². The molecule has 0 N–H and O–H groups in total. The Labute approximate surface area is 172 Å². The summed E-state index contributed by atoms with van der Waals surface area (Å²) in [4.78, 5) is 2.27. The minimum atomic E-state index is -0.959. The van der Waals surface area contributed by atoms with E-state index in [0.717, 1.165) is 30.8 Å². The van der Waals surface area contributed by atoms with Crippen LogP contribution < -0.4 is 4.90 Å². The normalized spacial score (nSPS) is 19.5. The number of halogens is 3. The third-order valence-electron chi connectivity index (χ3n) is 4.48. The topological polar surface area (TPSA) is 23.6 Å². The summed E-state index contributed by atoms with van der Waals surface area (Å²) in [5.41, 5.74) is 2.07. The molecule has 2 atom stereocenters. The van der Waals surface area contributed by atoms with Crippen molar-refractivity contribution in [2.45, 2.75) is 19.4 Å². The highest BCUT2D eigenvalue weighted by molar-refractivity contribution is 7.82. The highest BCUT2D eigenvalue weighted by Gasteiger charge is 2.31. The standard InChI is InChI=1S/C19H21Cl3N2OS/c1-2-11-26(25)23-9-10-24(18-8-7-16(21)12-17(18)22)19(13-23)14-3-5-15(20)6-4-14/h3-8,12,19H,2,9-11,13H2,1H3. The second-order valence-electron chi connectivity index (χ2n) is 6.27. The fourth-order valence-corrected chi connectivity index (χ4v) is 5.06. The molecular formula is C19H21Cl3N2OS. The van der Waals surface area contributed by atoms with Gasteiger partial charge in [-0.15, -0.1) is 0 Å². The Hall–Kier alpha value is -0.780. The van der Waals surface area contributed by atoms with E-state index in [1.165, 1.54) is 0 Å². The maximum atomic E-state index is 12.5. The van der Waals surface area contributed by atoms with Crippen LogP contribution in [-0.4, -0.2) is 33.9 Å². The Morgan fingerprint density at radius 2 is 1.73 bits per heavy atom. The third-order valence-corrected chi connectivity index (χ3v) is 6.94. The summed E-state index contributed by atoms with van der Waals surface area (Å²) in [6, 6.07) is 13.4. The van der Waals surface area contributed by atoms with Crippen LogP contribution in [0.3, 0.4) is 0 Å². The van der Waals surface area contributed by atoms with Crippen molar-refractivity contribution < 1.29 is 4.21 Å². The van der Waals surface area contributed by atoms with Crippen LogP contribution in [0.1, 0.15) is 24.9 Å². The predicted molar refractivity (Wildman–Crippen MR) is 113 cm³/mol. The fourth-order valence-electron chi connectivity index (χ4n) is 3.22. The summed E-state index contributed by atoms with van der Waals surface area (Å²) in [5.74, 6) is 0.690. The smallest absolute Gasteiger partial charge is 0.0943 e. The molecule has 2 aromatic rings. The Kier molecular flexibility index (Phi) is 6.87. The maximum absolute atomic E-state index is 12.5. The zero-order valence-electron chi connectivity index (χ0n) is 14.5. The van der Waals surface area contributed by atoms with Crippen LogP contribution in [0, 0.1) is 0 Å². The van der Waals surface area contributed by atoms with Gasteiger partial charge < -0.3 is 4.90 Å². The summed E-state index contributed by atoms with van der Waals surface area (Å²) in [6.07, 6.45) is 0.904. The van der Waals surface area contributed by atoms with Crippen molar-refractivity contribution in [3.63, 3.8) is 0 Å². The van der Waals surface area contributed by atoms with Crippen molar-refractivity contribution in [3.05, 3.63) is 63.1 Å². The van der Waals surface area contributed by atoms with Gasteiger partial charge in [0.05, 0.1) is 27.7 Å². The van der Waals surface area contributed by atoms with Gasteiger partial charge in [-0.2, -0.15) is 0 Å². The number of benzene rings is 2. The lowest BCUT2D eigenvalue weighted by Crippen LogP contribution is -2.49. The highest BCUT2D eigenvalue weighted by Crippen LogP contribution is 2.37. The third kappa shape index (κ3) is 4.55. The molecule has 3 nitrogen and oxygen atoms in total. The van der Waals surface area contributed by atoms with Gasteiger partial charge in [-0.3, -0.25) is 0 Å². The minimum Gasteiger partial charge on any atom is -0.361 e. The first-order valence-corrected chi connectivity index (χ1v) is 11.0. The van der Waals surface area contributed by atoms with Gasteiger partial charge in [-0.25, -0.2) is 8.51 Å². The molecular weight excluding hydrogens is 411 g/mol. The van der Waals surface area contributed by atoms with E-state index in [1.807, 2.05) is 36.4 Å². The Balaban J connectivity index is 1.94. The molecule has 1 aliphatic heterocycles. The van der Waals surface area contributed by atoms with Crippen molar-refractivity contribution in [1.29, 1.82) is 0 Å². The molecule has 2 aromatic carbocycles. The average molecular weight is 432 g/mol. The van der Waals surface area contributed by atoms with Gasteiger partial charge in [0.15, 0.2) is 0 Å². The van der Waals surface area contributed by atoms with Gasteiger partial charge in [0, 0.05) is 35.4 Å². The first-order chi connectivity index (χ1) is 12.5. The van der Waals surface area contributed by atoms with Crippen molar-refractivity contribution in [2.24, 2.45) is 0 Å². The molecule has 0 radical (unpaired) electrons. The minimum absolute atomic E-state index is 0.0421. The highest BCUT2D eigenvalue weighted by atomic mass is 35.5. The number of hydrogen-bond acceptors (Lipinski definition) is 2. The Morgan fingerprint density at radius 1 is 1.04 bits per heavy atom. The summed E-state index contributed by atoms with van der Waals surface area (Å²) < 4.78 is 14.6. The van der Waals surface area contributed by atoms with Crippen molar-refractivity contribution in [3.8, 4) is 0 Å². The quantitative estimate of drug-likeness (QED) is 0.616. The molecule has 7 heteroatoms. The van der Waals surface area contributed by atoms with Gasteiger partial charge in [0.2, 0.25) is 0 Å². The first-order valence-electron chi connectivity index (χ1n) is 8.60. The second kappa shape index (κ2) is 8.94. The van der Waals surface area contributed by atoms with Gasteiger partial charge >= 0.3 is 0 Å². The molecule has 1 saturated heterocycles. The van der Waals surface area contributed by atoms with E-state index >= 15 is 0 Å². The zero-order valence-corrected chi connectivity index (χ0v) is 17.6. The van der Waals surface area contributed by atoms with Crippen LogP contribution in [0.4, 0.5) is 5.69 Å². The molecule has 0 spiro atoms. The van der Waals surface area contributed by atoms with Gasteiger partial charge in [-0.05, 0) is 42.3 Å². The van der Waals surface area contributed by atoms with Crippen LogP contribution in [0.5, 0.6) is 0 Å². The van der Waals surface area contributed by atoms with E-state index < -0.39 is 11.0 Å². The lowest BCUT2D eigenvalue weighted by molar-refractivity contribution is 0.352. The Bertz CT molecular complexity index is 785. The van der Waals surface area contributed by atoms with Gasteiger partial charge in [0.25, 0.3) is 0 Å². The summed E-state index contributed by atoms with van der Waals surface area (Å²) in [5, 5.41) is 1.94. The summed E-state index contributed by atoms with van der Waals surface area (Å²) in [6.45, 7) is 4.20. The number of rotatable bonds is 5. The van der Waals surface area contributed by atoms with E-state index in [2.05, 4.69) is 16.1 Å². The number of nitrogens with zero attached hydrogens (tertiary/aromatic N) is 2. The number of anilines is 1. The molecule has 140 valence electrons. The average Bonchev–Trinajstić information content (AvgIpc) is 2.62. The largest absolute Gasteiger partial charge is 0.361 e. The fraction of sp³-hybridized carbons (Fsp3) is 0.368. The molecule has 1 fully saturated rings. The molecule has 1 heterocycles. The lowest BCUT2D eigenvalue weighted by atomic mass is 10.0. The molecule has 3 rings (SSSR count). The van der Waals surface area contributed by atoms with E-state index in [9.17, 15) is 4.21 Å². The molecule has 2 unspecified atom stereocenters. The maximum Gasteiger partial charge on any atom is 0.0943 e. The molecule has 0 saturated carbocycles.